The van der Waals surface area contributed by atoms with Gasteiger partial charge in [0.05, 0.1) is 5.56 Å². The largest absolute Gasteiger partial charge is 0.478 e. The van der Waals surface area contributed by atoms with Crippen molar-refractivity contribution in [1.82, 2.24) is 10.1 Å². The fraction of sp³-hybridized carbons (Fsp3) is 0. The van der Waals surface area contributed by atoms with Gasteiger partial charge in [-0.25, -0.2) is 4.79 Å². The molecule has 120 valence electrons. The SMILES string of the molecule is O=C(O)c1ccc(/C=C(\Cl)c2nc(-c3cccc(Cl)c3)no2)cc1. The molecule has 0 aliphatic heterocycles. The van der Waals surface area contributed by atoms with E-state index >= 15 is 0 Å². The highest BCUT2D eigenvalue weighted by Crippen LogP contribution is 2.25. The monoisotopic (exact) mass is 360 g/mol. The van der Waals surface area contributed by atoms with Crippen LogP contribution in [0.25, 0.3) is 22.5 Å². The third-order valence-electron chi connectivity index (χ3n) is 3.16. The van der Waals surface area contributed by atoms with E-state index in [1.54, 1.807) is 36.4 Å². The van der Waals surface area contributed by atoms with Crippen molar-refractivity contribution in [2.75, 3.05) is 0 Å². The lowest BCUT2D eigenvalue weighted by Crippen LogP contribution is -1.94. The lowest BCUT2D eigenvalue weighted by atomic mass is 10.1. The van der Waals surface area contributed by atoms with Gasteiger partial charge >= 0.3 is 5.97 Å². The van der Waals surface area contributed by atoms with E-state index in [1.165, 1.54) is 12.1 Å². The number of hydrogen-bond donors (Lipinski definition) is 1. The summed E-state index contributed by atoms with van der Waals surface area (Å²) in [5.41, 5.74) is 1.63. The average molecular weight is 361 g/mol. The summed E-state index contributed by atoms with van der Waals surface area (Å²) in [4.78, 5) is 15.1. The zero-order valence-corrected chi connectivity index (χ0v) is 13.6. The predicted molar refractivity (Wildman–Crippen MR) is 91.9 cm³/mol. The topological polar surface area (TPSA) is 76.2 Å². The van der Waals surface area contributed by atoms with Crippen LogP contribution in [0.5, 0.6) is 0 Å². The second-order valence-electron chi connectivity index (χ2n) is 4.85. The maximum absolute atomic E-state index is 10.8. The Balaban J connectivity index is 1.85. The molecule has 0 bridgehead atoms. The molecule has 0 aliphatic carbocycles. The lowest BCUT2D eigenvalue weighted by Gasteiger charge is -1.97. The van der Waals surface area contributed by atoms with E-state index in [-0.39, 0.29) is 16.5 Å². The number of carbonyl (C=O) groups is 1. The summed E-state index contributed by atoms with van der Waals surface area (Å²) in [6, 6.07) is 13.3. The Morgan fingerprint density at radius 2 is 1.92 bits per heavy atom. The molecule has 0 saturated heterocycles. The van der Waals surface area contributed by atoms with Crippen molar-refractivity contribution in [3.8, 4) is 11.4 Å². The molecule has 1 heterocycles. The van der Waals surface area contributed by atoms with Crippen molar-refractivity contribution >= 4 is 40.3 Å². The summed E-state index contributed by atoms with van der Waals surface area (Å²) in [5.74, 6) is -0.450. The van der Waals surface area contributed by atoms with Gasteiger partial charge in [-0.3, -0.25) is 0 Å². The molecule has 0 unspecified atom stereocenters. The zero-order valence-electron chi connectivity index (χ0n) is 12.1. The van der Waals surface area contributed by atoms with E-state index in [4.69, 9.17) is 32.8 Å². The predicted octanol–water partition coefficient (Wildman–Crippen LogP) is 4.83. The van der Waals surface area contributed by atoms with E-state index in [2.05, 4.69) is 10.1 Å². The molecule has 2 aromatic carbocycles. The number of nitrogens with zero attached hydrogens (tertiary/aromatic N) is 2. The first-order valence-electron chi connectivity index (χ1n) is 6.83. The summed E-state index contributed by atoms with van der Waals surface area (Å²) in [6.45, 7) is 0. The van der Waals surface area contributed by atoms with E-state index in [0.717, 1.165) is 0 Å². The van der Waals surface area contributed by atoms with Gasteiger partial charge in [-0.05, 0) is 35.9 Å². The Hall–Kier alpha value is -2.63. The van der Waals surface area contributed by atoms with Crippen LogP contribution in [0.4, 0.5) is 0 Å². The minimum Gasteiger partial charge on any atom is -0.478 e. The van der Waals surface area contributed by atoms with Crippen molar-refractivity contribution < 1.29 is 14.4 Å². The number of aromatic nitrogens is 2. The van der Waals surface area contributed by atoms with Crippen molar-refractivity contribution in [1.29, 1.82) is 0 Å². The van der Waals surface area contributed by atoms with Gasteiger partial charge in [0.25, 0.3) is 5.89 Å². The maximum atomic E-state index is 10.8. The molecule has 1 N–H and O–H groups in total. The van der Waals surface area contributed by atoms with Crippen LogP contribution >= 0.6 is 23.2 Å². The van der Waals surface area contributed by atoms with Crippen LogP contribution in [0.1, 0.15) is 21.8 Å². The molecular weight excluding hydrogens is 351 g/mol. The maximum Gasteiger partial charge on any atom is 0.335 e. The summed E-state index contributed by atoms with van der Waals surface area (Å²) < 4.78 is 5.16. The highest BCUT2D eigenvalue weighted by Gasteiger charge is 2.12. The average Bonchev–Trinajstić information content (AvgIpc) is 3.05. The lowest BCUT2D eigenvalue weighted by molar-refractivity contribution is 0.0697. The van der Waals surface area contributed by atoms with Crippen molar-refractivity contribution in [3.63, 3.8) is 0 Å². The second kappa shape index (κ2) is 6.86. The molecule has 5 nitrogen and oxygen atoms in total. The highest BCUT2D eigenvalue weighted by atomic mass is 35.5. The quantitative estimate of drug-likeness (QED) is 0.721. The molecule has 3 rings (SSSR count). The summed E-state index contributed by atoms with van der Waals surface area (Å²) in [7, 11) is 0. The highest BCUT2D eigenvalue weighted by molar-refractivity contribution is 6.50. The Morgan fingerprint density at radius 3 is 2.58 bits per heavy atom. The van der Waals surface area contributed by atoms with Crippen LogP contribution < -0.4 is 0 Å². The number of rotatable bonds is 4. The molecule has 0 radical (unpaired) electrons. The first kappa shape index (κ1) is 16.2. The summed E-state index contributed by atoms with van der Waals surface area (Å²) in [5, 5.41) is 13.6. The normalized spacial score (nSPS) is 11.5. The number of hydrogen-bond acceptors (Lipinski definition) is 4. The molecule has 0 spiro atoms. The fourth-order valence-corrected chi connectivity index (χ4v) is 2.39. The Bertz CT molecular complexity index is 918. The number of carboxylic acid groups (broad SMARTS) is 1. The van der Waals surface area contributed by atoms with Gasteiger partial charge in [-0.2, -0.15) is 4.98 Å². The van der Waals surface area contributed by atoms with Gasteiger partial charge in [0.15, 0.2) is 0 Å². The van der Waals surface area contributed by atoms with Crippen LogP contribution in [0, 0.1) is 0 Å². The Morgan fingerprint density at radius 1 is 1.17 bits per heavy atom. The summed E-state index contributed by atoms with van der Waals surface area (Å²) in [6.07, 6.45) is 1.61. The molecule has 24 heavy (non-hydrogen) atoms. The molecule has 0 atom stereocenters. The molecule has 7 heteroatoms. The molecule has 0 fully saturated rings. The smallest absolute Gasteiger partial charge is 0.335 e. The minimum absolute atomic E-state index is 0.161. The first-order chi connectivity index (χ1) is 11.5. The molecule has 3 aromatic rings. The van der Waals surface area contributed by atoms with Crippen LogP contribution in [0.3, 0.4) is 0 Å². The van der Waals surface area contributed by atoms with Gasteiger partial charge in [0.1, 0.15) is 5.03 Å². The summed E-state index contributed by atoms with van der Waals surface area (Å²) >= 11 is 12.1. The molecule has 1 aromatic heterocycles. The van der Waals surface area contributed by atoms with Crippen LogP contribution in [0.15, 0.2) is 53.1 Å². The van der Waals surface area contributed by atoms with Crippen LogP contribution in [-0.4, -0.2) is 21.2 Å². The second-order valence-corrected chi connectivity index (χ2v) is 5.70. The molecule has 0 aliphatic rings. The molecular formula is C17H10Cl2N2O3. The number of benzene rings is 2. The van der Waals surface area contributed by atoms with E-state index in [0.29, 0.717) is 22.0 Å². The van der Waals surface area contributed by atoms with Crippen molar-refractivity contribution in [3.05, 3.63) is 70.6 Å². The van der Waals surface area contributed by atoms with Crippen molar-refractivity contribution in [2.45, 2.75) is 0 Å². The van der Waals surface area contributed by atoms with Gasteiger partial charge in [0.2, 0.25) is 5.82 Å². The van der Waals surface area contributed by atoms with E-state index < -0.39 is 5.97 Å². The van der Waals surface area contributed by atoms with Gasteiger partial charge in [0, 0.05) is 10.6 Å². The standard InChI is InChI=1S/C17H10Cl2N2O3/c18-13-3-1-2-12(9-13)15-20-16(24-21-15)14(19)8-10-4-6-11(7-5-10)17(22)23/h1-9H,(H,22,23)/b14-8-. The Kier molecular flexibility index (Phi) is 4.64. The third-order valence-corrected chi connectivity index (χ3v) is 3.67. The van der Waals surface area contributed by atoms with Gasteiger partial charge in [-0.15, -0.1) is 0 Å². The number of aromatic carboxylic acids is 1. The number of halogens is 2. The molecule has 0 saturated carbocycles. The fourth-order valence-electron chi connectivity index (χ4n) is 2.00. The van der Waals surface area contributed by atoms with Crippen molar-refractivity contribution in [2.24, 2.45) is 0 Å². The van der Waals surface area contributed by atoms with Crippen LogP contribution in [0.2, 0.25) is 5.02 Å². The van der Waals surface area contributed by atoms with E-state index in [1.807, 2.05) is 6.07 Å². The van der Waals surface area contributed by atoms with Gasteiger partial charge in [-0.1, -0.05) is 52.6 Å². The Labute approximate surface area is 147 Å². The first-order valence-corrected chi connectivity index (χ1v) is 7.59. The van der Waals surface area contributed by atoms with Gasteiger partial charge < -0.3 is 9.63 Å². The van der Waals surface area contributed by atoms with E-state index in [9.17, 15) is 4.79 Å². The van der Waals surface area contributed by atoms with Crippen LogP contribution in [-0.2, 0) is 0 Å². The number of carboxylic acids is 1. The zero-order chi connectivity index (χ0) is 17.1. The minimum atomic E-state index is -0.986. The molecule has 0 amide bonds. The third kappa shape index (κ3) is 3.64.